The molecule has 426 valence electrons. The number of benzene rings is 11. The van der Waals surface area contributed by atoms with Crippen molar-refractivity contribution >= 4 is 97.4 Å². The second-order valence-corrected chi connectivity index (χ2v) is 31.4. The molecule has 0 radical (unpaired) electrons. The van der Waals surface area contributed by atoms with Crippen molar-refractivity contribution in [2.45, 2.75) is 103 Å². The van der Waals surface area contributed by atoms with Crippen LogP contribution in [0.3, 0.4) is 0 Å². The van der Waals surface area contributed by atoms with Crippen LogP contribution in [-0.4, -0.2) is 20.3 Å². The van der Waals surface area contributed by atoms with E-state index in [1.807, 2.05) is 0 Å². The Hall–Kier alpha value is -8.90. The molecule has 11 aromatic carbocycles. The van der Waals surface area contributed by atoms with Gasteiger partial charge in [-0.05, 0) is 150 Å². The average Bonchev–Trinajstić information content (AvgIpc) is 1.67. The molecule has 4 aliphatic rings. The maximum Gasteiger partial charge on any atom is 0.252 e. The summed E-state index contributed by atoms with van der Waals surface area (Å²) in [6.45, 7) is 19.2. The van der Waals surface area contributed by atoms with E-state index in [1.54, 1.807) is 0 Å². The Balaban J connectivity index is 1.05. The van der Waals surface area contributed by atoms with E-state index in [9.17, 15) is 0 Å². The van der Waals surface area contributed by atoms with Gasteiger partial charge in [-0.1, -0.05) is 274 Å². The van der Waals surface area contributed by atoms with Gasteiger partial charge in [0.05, 0.1) is 16.9 Å². The predicted octanol–water partition coefficient (Wildman–Crippen LogP) is 16.8. The number of fused-ring (bicyclic) bond motifs is 7. The third-order valence-electron chi connectivity index (χ3n) is 20.7. The molecule has 1 saturated carbocycles. The molecule has 15 rings (SSSR count). The second kappa shape index (κ2) is 20.6. The third kappa shape index (κ3) is 8.51. The summed E-state index contributed by atoms with van der Waals surface area (Å²) in [5.41, 5.74) is 22.1. The highest BCUT2D eigenvalue weighted by atomic mass is 28.3. The zero-order chi connectivity index (χ0) is 59.5. The highest BCUT2D eigenvalue weighted by Gasteiger charge is 2.59. The first-order chi connectivity index (χ1) is 42.2. The number of anilines is 8. The highest BCUT2D eigenvalue weighted by Crippen LogP contribution is 2.62. The molecule has 3 aliphatic heterocycles. The van der Waals surface area contributed by atoms with Crippen molar-refractivity contribution in [3.05, 3.63) is 284 Å². The topological polar surface area (TPSA) is 9.72 Å². The van der Waals surface area contributed by atoms with Gasteiger partial charge in [0.15, 0.2) is 8.07 Å². The molecule has 0 aromatic heterocycles. The molecule has 0 amide bonds. The van der Waals surface area contributed by atoms with Gasteiger partial charge in [0, 0.05) is 50.7 Å². The second-order valence-electron chi connectivity index (χ2n) is 27.5. The summed E-state index contributed by atoms with van der Waals surface area (Å²) >= 11 is 0. The lowest BCUT2D eigenvalue weighted by Crippen LogP contribution is -2.74. The zero-order valence-corrected chi connectivity index (χ0v) is 52.7. The van der Waals surface area contributed by atoms with E-state index in [0.717, 1.165) is 12.8 Å². The number of rotatable bonds is 9. The molecule has 3 heterocycles. The van der Waals surface area contributed by atoms with Crippen LogP contribution in [0.5, 0.6) is 0 Å². The fourth-order valence-corrected chi connectivity index (χ4v) is 20.8. The molecule has 11 aromatic rings. The molecule has 5 heteroatoms. The van der Waals surface area contributed by atoms with E-state index >= 15 is 0 Å². The molecule has 3 nitrogen and oxygen atoms in total. The van der Waals surface area contributed by atoms with Gasteiger partial charge in [-0.25, -0.2) is 0 Å². The van der Waals surface area contributed by atoms with Crippen LogP contribution >= 0.6 is 0 Å². The van der Waals surface area contributed by atoms with E-state index in [4.69, 9.17) is 0 Å². The zero-order valence-electron chi connectivity index (χ0n) is 51.7. The summed E-state index contributed by atoms with van der Waals surface area (Å²) in [6, 6.07) is 103. The van der Waals surface area contributed by atoms with Crippen LogP contribution in [0.2, 0.25) is 0 Å². The van der Waals surface area contributed by atoms with E-state index < -0.39 is 8.07 Å². The molecule has 87 heavy (non-hydrogen) atoms. The van der Waals surface area contributed by atoms with Crippen LogP contribution in [0.1, 0.15) is 97.8 Å². The Morgan fingerprint density at radius 1 is 0.368 bits per heavy atom. The van der Waals surface area contributed by atoms with Crippen molar-refractivity contribution < 1.29 is 0 Å². The van der Waals surface area contributed by atoms with E-state index in [-0.39, 0.29) is 28.5 Å². The summed E-state index contributed by atoms with van der Waals surface area (Å²) < 4.78 is 0. The number of nitrogens with zero attached hydrogens (tertiary/aromatic N) is 3. The standard InChI is InChI=1S/C82H76BN3Si/c1-79(2,3)59-44-47-71(66(52-59)57-30-14-9-15-31-57)84-74-42-26-24-40-69(74)83-70-41-25-27-43-75(70)85(72-48-45-60(80(4,5)6)53-67(72)58-32-16-10-17-33-58)77-55-61(54-76(84)78(77)83)86-73-49-46-65(56-68(73)81(7)50-28-29-51-82(81,86)8)87(62-34-18-11-19-35-62,63-36-20-12-21-37-63)64-38-22-13-23-39-64/h9-27,30-49,52-56H,28-29,50-51H2,1-8H3. The van der Waals surface area contributed by atoms with Gasteiger partial charge >= 0.3 is 0 Å². The molecule has 1 aliphatic carbocycles. The van der Waals surface area contributed by atoms with Gasteiger partial charge in [0.1, 0.15) is 0 Å². The van der Waals surface area contributed by atoms with E-state index in [1.165, 1.54) is 134 Å². The van der Waals surface area contributed by atoms with E-state index in [0.29, 0.717) is 0 Å². The van der Waals surface area contributed by atoms with Gasteiger partial charge in [0.2, 0.25) is 0 Å². The Morgan fingerprint density at radius 3 is 1.22 bits per heavy atom. The van der Waals surface area contributed by atoms with Crippen molar-refractivity contribution in [2.24, 2.45) is 0 Å². The minimum atomic E-state index is -2.88. The molecular formula is C82H76BN3Si. The minimum absolute atomic E-state index is 0.0389. The summed E-state index contributed by atoms with van der Waals surface area (Å²) in [4.78, 5) is 8.18. The lowest BCUT2D eigenvalue weighted by molar-refractivity contribution is 0.195. The molecular weight excluding hydrogens is 1070 g/mol. The quantitative estimate of drug-likeness (QED) is 0.105. The van der Waals surface area contributed by atoms with Crippen molar-refractivity contribution in [3.63, 3.8) is 0 Å². The SMILES string of the molecule is CC(C)(C)c1ccc(N2c3ccccc3B3c4ccccc4N(c4ccc(C(C)(C)C)cc4-c4ccccc4)c4cc(N5c6ccc([Si](c7ccccc7)(c7ccccc7)c7ccccc7)cc6C6(C)CCCCC56C)cc2c43)c(-c2ccccc2)c1. The third-order valence-corrected chi connectivity index (χ3v) is 25.4. The van der Waals surface area contributed by atoms with Crippen LogP contribution in [0.4, 0.5) is 45.5 Å². The number of hydrogen-bond acceptors (Lipinski definition) is 3. The van der Waals surface area contributed by atoms with Crippen molar-refractivity contribution in [2.75, 3.05) is 14.7 Å². The molecule has 0 N–H and O–H groups in total. The number of para-hydroxylation sites is 2. The van der Waals surface area contributed by atoms with Crippen molar-refractivity contribution in [3.8, 4) is 22.3 Å². The molecule has 1 fully saturated rings. The maximum absolute atomic E-state index is 2.88. The fourth-order valence-electron chi connectivity index (χ4n) is 16.1. The van der Waals surface area contributed by atoms with Gasteiger partial charge in [0.25, 0.3) is 6.71 Å². The minimum Gasteiger partial charge on any atom is -0.334 e. The highest BCUT2D eigenvalue weighted by molar-refractivity contribution is 7.20. The predicted molar refractivity (Wildman–Crippen MR) is 375 cm³/mol. The first kappa shape index (κ1) is 54.7. The Morgan fingerprint density at radius 2 is 0.770 bits per heavy atom. The molecule has 0 saturated heterocycles. The van der Waals surface area contributed by atoms with Crippen LogP contribution < -0.4 is 51.8 Å². The Kier molecular flexibility index (Phi) is 13.0. The molecule has 2 unspecified atom stereocenters. The van der Waals surface area contributed by atoms with Crippen LogP contribution in [0.25, 0.3) is 22.3 Å². The largest absolute Gasteiger partial charge is 0.334 e. The Bertz CT molecular complexity index is 4150. The van der Waals surface area contributed by atoms with Crippen LogP contribution in [-0.2, 0) is 16.2 Å². The van der Waals surface area contributed by atoms with Crippen molar-refractivity contribution in [1.82, 2.24) is 0 Å². The van der Waals surface area contributed by atoms with Crippen molar-refractivity contribution in [1.29, 1.82) is 0 Å². The summed E-state index contributed by atoms with van der Waals surface area (Å²) in [5, 5.41) is 5.62. The van der Waals surface area contributed by atoms with Gasteiger partial charge < -0.3 is 14.7 Å². The molecule has 0 spiro atoms. The first-order valence-electron chi connectivity index (χ1n) is 31.7. The van der Waals surface area contributed by atoms with Gasteiger partial charge in [-0.2, -0.15) is 0 Å². The smallest absolute Gasteiger partial charge is 0.252 e. The summed E-state index contributed by atoms with van der Waals surface area (Å²) in [6.07, 6.45) is 4.53. The van der Waals surface area contributed by atoms with E-state index in [2.05, 4.69) is 337 Å². The Labute approximate surface area is 517 Å². The summed E-state index contributed by atoms with van der Waals surface area (Å²) in [5.74, 6) is 0. The normalized spacial score (nSPS) is 17.7. The fraction of sp³-hybridized carbons (Fsp3) is 0.195. The monoisotopic (exact) mass is 1140 g/mol. The summed E-state index contributed by atoms with van der Waals surface area (Å²) in [7, 11) is -2.88. The molecule has 2 atom stereocenters. The lowest BCUT2D eigenvalue weighted by Gasteiger charge is -2.51. The lowest BCUT2D eigenvalue weighted by atomic mass is 9.33. The maximum atomic E-state index is 2.85. The van der Waals surface area contributed by atoms with Crippen LogP contribution in [0, 0.1) is 0 Å². The molecule has 0 bridgehead atoms. The van der Waals surface area contributed by atoms with Gasteiger partial charge in [-0.3, -0.25) is 0 Å². The average molecular weight is 1140 g/mol. The number of hydrogen-bond donors (Lipinski definition) is 0. The first-order valence-corrected chi connectivity index (χ1v) is 33.7. The van der Waals surface area contributed by atoms with Gasteiger partial charge in [-0.15, -0.1) is 0 Å². The van der Waals surface area contributed by atoms with Crippen LogP contribution in [0.15, 0.2) is 267 Å².